The number of hydrogen-bond acceptors (Lipinski definition) is 5. The van der Waals surface area contributed by atoms with Gasteiger partial charge in [-0.15, -0.1) is 0 Å². The Labute approximate surface area is 151 Å². The molecule has 2 amide bonds. The Morgan fingerprint density at radius 3 is 2.46 bits per heavy atom. The van der Waals surface area contributed by atoms with E-state index in [9.17, 15) is 18.0 Å². The van der Waals surface area contributed by atoms with Crippen LogP contribution in [0, 0.1) is 13.8 Å². The normalized spacial score (nSPS) is 13.8. The smallest absolute Gasteiger partial charge is 0.265 e. The second-order valence-corrected chi connectivity index (χ2v) is 7.76. The molecule has 1 N–H and O–H groups in total. The highest BCUT2D eigenvalue weighted by atomic mass is 32.2. The molecule has 2 aromatic carbocycles. The maximum absolute atomic E-state index is 12.3. The van der Waals surface area contributed by atoms with Crippen LogP contribution in [0.3, 0.4) is 0 Å². The summed E-state index contributed by atoms with van der Waals surface area (Å²) in [5, 5.41) is 0. The van der Waals surface area contributed by atoms with E-state index in [0.717, 1.165) is 11.1 Å². The largest absolute Gasteiger partial charge is 0.482 e. The van der Waals surface area contributed by atoms with Gasteiger partial charge in [-0.05, 0) is 43.7 Å². The van der Waals surface area contributed by atoms with Gasteiger partial charge < -0.3 is 4.74 Å². The van der Waals surface area contributed by atoms with E-state index in [-0.39, 0.29) is 11.5 Å². The maximum atomic E-state index is 12.3. The lowest BCUT2D eigenvalue weighted by molar-refractivity contribution is -0.124. The molecule has 0 spiro atoms. The van der Waals surface area contributed by atoms with Crippen LogP contribution in [-0.2, 0) is 19.6 Å². The van der Waals surface area contributed by atoms with Gasteiger partial charge in [-0.3, -0.25) is 14.5 Å². The monoisotopic (exact) mass is 374 g/mol. The van der Waals surface area contributed by atoms with E-state index in [0.29, 0.717) is 11.4 Å². The maximum Gasteiger partial charge on any atom is 0.265 e. The Morgan fingerprint density at radius 1 is 1.12 bits per heavy atom. The summed E-state index contributed by atoms with van der Waals surface area (Å²) in [5.74, 6) is -0.733. The summed E-state index contributed by atoms with van der Waals surface area (Å²) >= 11 is 0. The summed E-state index contributed by atoms with van der Waals surface area (Å²) in [5.41, 5.74) is 2.24. The third kappa shape index (κ3) is 3.70. The second kappa shape index (κ2) is 6.80. The van der Waals surface area contributed by atoms with E-state index in [1.165, 1.54) is 17.0 Å². The predicted molar refractivity (Wildman–Crippen MR) is 95.5 cm³/mol. The lowest BCUT2D eigenvalue weighted by Gasteiger charge is -2.29. The summed E-state index contributed by atoms with van der Waals surface area (Å²) in [6, 6.07) is 11.4. The Morgan fingerprint density at radius 2 is 1.77 bits per heavy atom. The fourth-order valence-corrected chi connectivity index (χ4v) is 3.56. The molecule has 3 rings (SSSR count). The number of amides is 2. The van der Waals surface area contributed by atoms with Gasteiger partial charge in [-0.1, -0.05) is 23.8 Å². The van der Waals surface area contributed by atoms with Crippen LogP contribution in [-0.4, -0.2) is 33.4 Å². The van der Waals surface area contributed by atoms with Crippen molar-refractivity contribution in [2.24, 2.45) is 0 Å². The van der Waals surface area contributed by atoms with Crippen LogP contribution in [0.5, 0.6) is 5.75 Å². The molecule has 0 fully saturated rings. The van der Waals surface area contributed by atoms with E-state index in [1.807, 2.05) is 24.6 Å². The minimum absolute atomic E-state index is 0.0130. The minimum atomic E-state index is -4.00. The average molecular weight is 374 g/mol. The fraction of sp³-hybridized carbons (Fsp3) is 0.222. The number of fused-ring (bicyclic) bond motifs is 1. The molecule has 1 heterocycles. The van der Waals surface area contributed by atoms with Crippen molar-refractivity contribution < 1.29 is 22.7 Å². The molecule has 0 atom stereocenters. The Balaban J connectivity index is 1.79. The molecule has 0 unspecified atom stereocenters. The zero-order valence-electron chi connectivity index (χ0n) is 14.4. The zero-order valence-corrected chi connectivity index (χ0v) is 15.2. The van der Waals surface area contributed by atoms with Crippen molar-refractivity contribution >= 4 is 27.5 Å². The summed E-state index contributed by atoms with van der Waals surface area (Å²) in [6.45, 7) is 3.07. The highest BCUT2D eigenvalue weighted by Gasteiger charge is 2.29. The van der Waals surface area contributed by atoms with E-state index in [1.54, 1.807) is 24.3 Å². The van der Waals surface area contributed by atoms with Gasteiger partial charge in [0.25, 0.3) is 21.8 Å². The van der Waals surface area contributed by atoms with Crippen molar-refractivity contribution in [1.29, 1.82) is 0 Å². The van der Waals surface area contributed by atoms with Gasteiger partial charge in [0.2, 0.25) is 0 Å². The number of anilines is 1. The van der Waals surface area contributed by atoms with E-state index >= 15 is 0 Å². The molecular formula is C18H18N2O5S. The van der Waals surface area contributed by atoms with Gasteiger partial charge in [0.05, 0.1) is 10.6 Å². The molecule has 7 nitrogen and oxygen atoms in total. The van der Waals surface area contributed by atoms with E-state index in [2.05, 4.69) is 0 Å². The Kier molecular flexibility index (Phi) is 4.69. The number of nitrogens with one attached hydrogen (secondary N) is 1. The fourth-order valence-electron chi connectivity index (χ4n) is 2.59. The molecule has 136 valence electrons. The first kappa shape index (κ1) is 17.9. The van der Waals surface area contributed by atoms with Gasteiger partial charge in [0.15, 0.2) is 6.61 Å². The molecule has 8 heteroatoms. The predicted octanol–water partition coefficient (Wildman–Crippen LogP) is 1.53. The summed E-state index contributed by atoms with van der Waals surface area (Å²) < 4.78 is 32.0. The van der Waals surface area contributed by atoms with Gasteiger partial charge in [0, 0.05) is 0 Å². The van der Waals surface area contributed by atoms with Gasteiger partial charge >= 0.3 is 0 Å². The third-order valence-corrected chi connectivity index (χ3v) is 5.33. The van der Waals surface area contributed by atoms with Crippen molar-refractivity contribution in [3.63, 3.8) is 0 Å². The van der Waals surface area contributed by atoms with Crippen molar-refractivity contribution in [1.82, 2.24) is 4.72 Å². The highest BCUT2D eigenvalue weighted by Crippen LogP contribution is 2.32. The van der Waals surface area contributed by atoms with Crippen LogP contribution in [0.1, 0.15) is 11.1 Å². The first-order valence-electron chi connectivity index (χ1n) is 7.92. The SMILES string of the molecule is Cc1ccc(S(=O)(=O)NC(=O)CN2C(=O)COc3ccc(C)cc32)cc1. The molecule has 0 saturated carbocycles. The number of hydrogen-bond donors (Lipinski definition) is 1. The van der Waals surface area contributed by atoms with Crippen molar-refractivity contribution in [2.45, 2.75) is 18.7 Å². The molecule has 26 heavy (non-hydrogen) atoms. The average Bonchev–Trinajstić information content (AvgIpc) is 2.57. The molecule has 0 aliphatic carbocycles. The lowest BCUT2D eigenvalue weighted by Crippen LogP contribution is -2.46. The molecule has 0 radical (unpaired) electrons. The van der Waals surface area contributed by atoms with Crippen LogP contribution in [0.4, 0.5) is 5.69 Å². The number of benzene rings is 2. The van der Waals surface area contributed by atoms with Crippen LogP contribution in [0.15, 0.2) is 47.4 Å². The van der Waals surface area contributed by atoms with E-state index in [4.69, 9.17) is 4.74 Å². The van der Waals surface area contributed by atoms with Gasteiger partial charge in [0.1, 0.15) is 12.3 Å². The number of carbonyl (C=O) groups excluding carboxylic acids is 2. The van der Waals surface area contributed by atoms with Crippen molar-refractivity contribution in [3.8, 4) is 5.75 Å². The molecule has 0 bridgehead atoms. The highest BCUT2D eigenvalue weighted by molar-refractivity contribution is 7.90. The first-order valence-corrected chi connectivity index (χ1v) is 9.41. The van der Waals surface area contributed by atoms with E-state index < -0.39 is 28.4 Å². The number of sulfonamides is 1. The molecular weight excluding hydrogens is 356 g/mol. The Hall–Kier alpha value is -2.87. The molecule has 0 saturated heterocycles. The Bertz CT molecular complexity index is 968. The third-order valence-electron chi connectivity index (χ3n) is 3.94. The summed E-state index contributed by atoms with van der Waals surface area (Å²) in [4.78, 5) is 25.6. The van der Waals surface area contributed by atoms with Crippen LogP contribution >= 0.6 is 0 Å². The number of rotatable bonds is 4. The van der Waals surface area contributed by atoms with Gasteiger partial charge in [-0.25, -0.2) is 13.1 Å². The van der Waals surface area contributed by atoms with Crippen molar-refractivity contribution in [3.05, 3.63) is 53.6 Å². The molecule has 1 aliphatic rings. The summed E-state index contributed by atoms with van der Waals surface area (Å²) in [6.07, 6.45) is 0. The summed E-state index contributed by atoms with van der Waals surface area (Å²) in [7, 11) is -4.00. The molecule has 0 aromatic heterocycles. The zero-order chi connectivity index (χ0) is 18.9. The quantitative estimate of drug-likeness (QED) is 0.876. The number of nitrogens with zero attached hydrogens (tertiary/aromatic N) is 1. The molecule has 2 aromatic rings. The standard InChI is InChI=1S/C18H18N2O5S/c1-12-3-6-14(7-4-12)26(23,24)19-17(21)10-20-15-9-13(2)5-8-16(15)25-11-18(20)22/h3-9H,10-11H2,1-2H3,(H,19,21). The van der Waals surface area contributed by atoms with Crippen LogP contribution in [0.2, 0.25) is 0 Å². The van der Waals surface area contributed by atoms with Crippen molar-refractivity contribution in [2.75, 3.05) is 18.1 Å². The van der Waals surface area contributed by atoms with Crippen LogP contribution < -0.4 is 14.4 Å². The second-order valence-electron chi connectivity index (χ2n) is 6.08. The number of ether oxygens (including phenoxy) is 1. The van der Waals surface area contributed by atoms with Gasteiger partial charge in [-0.2, -0.15) is 0 Å². The lowest BCUT2D eigenvalue weighted by atomic mass is 10.1. The topological polar surface area (TPSA) is 92.8 Å². The number of aryl methyl sites for hydroxylation is 2. The van der Waals surface area contributed by atoms with Crippen LogP contribution in [0.25, 0.3) is 0 Å². The minimum Gasteiger partial charge on any atom is -0.482 e. The molecule has 1 aliphatic heterocycles. The number of carbonyl (C=O) groups is 2. The first-order chi connectivity index (χ1) is 12.3.